The van der Waals surface area contributed by atoms with Crippen molar-refractivity contribution < 1.29 is 9.90 Å². The summed E-state index contributed by atoms with van der Waals surface area (Å²) in [5.74, 6) is 0.337. The summed E-state index contributed by atoms with van der Waals surface area (Å²) in [4.78, 5) is 13.7. The zero-order valence-electron chi connectivity index (χ0n) is 12.6. The lowest BCUT2D eigenvalue weighted by Crippen LogP contribution is -2.27. The number of thiophene rings is 1. The third kappa shape index (κ3) is 4.16. The minimum absolute atomic E-state index is 0.133. The predicted octanol–water partition coefficient (Wildman–Crippen LogP) is 3.64. The highest BCUT2D eigenvalue weighted by atomic mass is 32.1. The van der Waals surface area contributed by atoms with E-state index in [1.54, 1.807) is 6.07 Å². The second-order valence-electron chi connectivity index (χ2n) is 5.46. The van der Waals surface area contributed by atoms with Gasteiger partial charge in [0.25, 0.3) is 5.91 Å². The van der Waals surface area contributed by atoms with Crippen LogP contribution in [0, 0.1) is 6.92 Å². The fourth-order valence-electron chi connectivity index (χ4n) is 2.05. The molecule has 4 heteroatoms. The molecule has 3 nitrogen and oxygen atoms in total. The first-order chi connectivity index (χ1) is 9.97. The number of rotatable bonds is 5. The van der Waals surface area contributed by atoms with E-state index in [4.69, 9.17) is 0 Å². The Morgan fingerprint density at radius 2 is 1.76 bits per heavy atom. The zero-order valence-corrected chi connectivity index (χ0v) is 13.4. The maximum absolute atomic E-state index is 11.9. The van der Waals surface area contributed by atoms with Gasteiger partial charge in [0.05, 0.1) is 11.0 Å². The second kappa shape index (κ2) is 6.87. The van der Waals surface area contributed by atoms with E-state index in [0.29, 0.717) is 10.8 Å². The van der Waals surface area contributed by atoms with Crippen molar-refractivity contribution in [3.8, 4) is 0 Å². The summed E-state index contributed by atoms with van der Waals surface area (Å²) in [7, 11) is 0. The number of hydrogen-bond acceptors (Lipinski definition) is 3. The van der Waals surface area contributed by atoms with Gasteiger partial charge in [-0.1, -0.05) is 38.1 Å². The van der Waals surface area contributed by atoms with Gasteiger partial charge in [-0.05, 0) is 36.1 Å². The molecule has 1 unspecified atom stereocenters. The number of aliphatic hydroxyl groups is 1. The molecule has 0 aliphatic heterocycles. The molecule has 1 aromatic carbocycles. The Morgan fingerprint density at radius 1 is 1.14 bits per heavy atom. The Morgan fingerprint density at radius 3 is 2.29 bits per heavy atom. The monoisotopic (exact) mass is 303 g/mol. The van der Waals surface area contributed by atoms with Gasteiger partial charge < -0.3 is 10.4 Å². The first kappa shape index (κ1) is 15.7. The Balaban J connectivity index is 1.92. The van der Waals surface area contributed by atoms with E-state index >= 15 is 0 Å². The highest BCUT2D eigenvalue weighted by molar-refractivity contribution is 7.13. The third-order valence-corrected chi connectivity index (χ3v) is 4.41. The van der Waals surface area contributed by atoms with Gasteiger partial charge in [-0.25, -0.2) is 0 Å². The molecule has 1 atom stereocenters. The Labute approximate surface area is 129 Å². The van der Waals surface area contributed by atoms with E-state index in [0.717, 1.165) is 10.4 Å². The van der Waals surface area contributed by atoms with Gasteiger partial charge in [0, 0.05) is 11.4 Å². The van der Waals surface area contributed by atoms with Crippen molar-refractivity contribution in [1.29, 1.82) is 0 Å². The molecule has 0 aliphatic carbocycles. The van der Waals surface area contributed by atoms with E-state index in [1.165, 1.54) is 16.9 Å². The SMILES string of the molecule is Cc1ccc(C(=O)NCC(O)c2ccc(C(C)C)cc2)s1. The molecule has 2 rings (SSSR count). The standard InChI is InChI=1S/C17H21NO2S/c1-11(2)13-5-7-14(8-6-13)15(19)10-18-17(20)16-9-4-12(3)21-16/h4-9,11,15,19H,10H2,1-3H3,(H,18,20). The number of aliphatic hydroxyl groups excluding tert-OH is 1. The van der Waals surface area contributed by atoms with Gasteiger partial charge in [-0.3, -0.25) is 4.79 Å². The topological polar surface area (TPSA) is 49.3 Å². The fourth-order valence-corrected chi connectivity index (χ4v) is 2.84. The summed E-state index contributed by atoms with van der Waals surface area (Å²) in [6.45, 7) is 6.45. The van der Waals surface area contributed by atoms with Crippen LogP contribution in [0.4, 0.5) is 0 Å². The molecule has 0 spiro atoms. The minimum atomic E-state index is -0.684. The van der Waals surface area contributed by atoms with Crippen LogP contribution in [0.15, 0.2) is 36.4 Å². The number of carbonyl (C=O) groups excluding carboxylic acids is 1. The Bertz CT molecular complexity index is 602. The summed E-state index contributed by atoms with van der Waals surface area (Å²) in [5.41, 5.74) is 2.06. The van der Waals surface area contributed by atoms with Crippen molar-refractivity contribution in [3.05, 3.63) is 57.3 Å². The lowest BCUT2D eigenvalue weighted by atomic mass is 10.00. The Hall–Kier alpha value is -1.65. The zero-order chi connectivity index (χ0) is 15.4. The molecule has 0 saturated heterocycles. The van der Waals surface area contributed by atoms with Gasteiger partial charge in [0.2, 0.25) is 0 Å². The average Bonchev–Trinajstić information content (AvgIpc) is 2.91. The van der Waals surface area contributed by atoms with Crippen molar-refractivity contribution in [2.45, 2.75) is 32.8 Å². The van der Waals surface area contributed by atoms with Crippen molar-refractivity contribution >= 4 is 17.2 Å². The van der Waals surface area contributed by atoms with Crippen LogP contribution < -0.4 is 5.32 Å². The van der Waals surface area contributed by atoms with Crippen LogP contribution in [-0.4, -0.2) is 17.6 Å². The van der Waals surface area contributed by atoms with Crippen LogP contribution in [0.1, 0.15) is 51.5 Å². The molecule has 0 aliphatic rings. The quantitative estimate of drug-likeness (QED) is 0.886. The Kier molecular flexibility index (Phi) is 5.15. The number of nitrogens with one attached hydrogen (secondary N) is 1. The average molecular weight is 303 g/mol. The van der Waals surface area contributed by atoms with Gasteiger partial charge in [-0.15, -0.1) is 11.3 Å². The lowest BCUT2D eigenvalue weighted by Gasteiger charge is -2.13. The number of benzene rings is 1. The molecule has 21 heavy (non-hydrogen) atoms. The van der Waals surface area contributed by atoms with Crippen LogP contribution in [-0.2, 0) is 0 Å². The van der Waals surface area contributed by atoms with Crippen molar-refractivity contribution in [2.75, 3.05) is 6.54 Å². The van der Waals surface area contributed by atoms with Gasteiger partial charge >= 0.3 is 0 Å². The molecule has 1 amide bonds. The van der Waals surface area contributed by atoms with Crippen LogP contribution in [0.5, 0.6) is 0 Å². The number of aryl methyl sites for hydroxylation is 1. The van der Waals surface area contributed by atoms with E-state index in [9.17, 15) is 9.90 Å². The summed E-state index contributed by atoms with van der Waals surface area (Å²) in [6.07, 6.45) is -0.684. The van der Waals surface area contributed by atoms with Crippen molar-refractivity contribution in [1.82, 2.24) is 5.32 Å². The minimum Gasteiger partial charge on any atom is -0.387 e. The molecule has 0 fully saturated rings. The van der Waals surface area contributed by atoms with Crippen LogP contribution in [0.3, 0.4) is 0 Å². The largest absolute Gasteiger partial charge is 0.387 e. The second-order valence-corrected chi connectivity index (χ2v) is 6.75. The van der Waals surface area contributed by atoms with Gasteiger partial charge in [0.1, 0.15) is 0 Å². The molecule has 112 valence electrons. The maximum atomic E-state index is 11.9. The summed E-state index contributed by atoms with van der Waals surface area (Å²) < 4.78 is 0. The summed E-state index contributed by atoms with van der Waals surface area (Å²) in [6, 6.07) is 11.6. The van der Waals surface area contributed by atoms with E-state index in [2.05, 4.69) is 19.2 Å². The first-order valence-corrected chi connectivity index (χ1v) is 7.91. The van der Waals surface area contributed by atoms with Gasteiger partial charge in [0.15, 0.2) is 0 Å². The summed E-state index contributed by atoms with van der Waals surface area (Å²) in [5, 5.41) is 12.9. The number of hydrogen-bond donors (Lipinski definition) is 2. The lowest BCUT2D eigenvalue weighted by molar-refractivity contribution is 0.0920. The molecule has 2 N–H and O–H groups in total. The van der Waals surface area contributed by atoms with E-state index in [-0.39, 0.29) is 12.5 Å². The van der Waals surface area contributed by atoms with Gasteiger partial charge in [-0.2, -0.15) is 0 Å². The molecule has 1 heterocycles. The predicted molar refractivity (Wildman–Crippen MR) is 86.9 cm³/mol. The fraction of sp³-hybridized carbons (Fsp3) is 0.353. The molecule has 1 aromatic heterocycles. The van der Waals surface area contributed by atoms with Crippen molar-refractivity contribution in [2.24, 2.45) is 0 Å². The number of carbonyl (C=O) groups is 1. The number of amides is 1. The third-order valence-electron chi connectivity index (χ3n) is 3.41. The van der Waals surface area contributed by atoms with E-state index in [1.807, 2.05) is 37.3 Å². The normalized spacial score (nSPS) is 12.4. The molecular weight excluding hydrogens is 282 g/mol. The van der Waals surface area contributed by atoms with Crippen LogP contribution >= 0.6 is 11.3 Å². The molecule has 2 aromatic rings. The molecule has 0 radical (unpaired) electrons. The highest BCUT2D eigenvalue weighted by Gasteiger charge is 2.12. The van der Waals surface area contributed by atoms with E-state index < -0.39 is 6.10 Å². The summed E-state index contributed by atoms with van der Waals surface area (Å²) >= 11 is 1.45. The molecule has 0 saturated carbocycles. The molecular formula is C17H21NO2S. The smallest absolute Gasteiger partial charge is 0.261 e. The maximum Gasteiger partial charge on any atom is 0.261 e. The first-order valence-electron chi connectivity index (χ1n) is 7.10. The van der Waals surface area contributed by atoms with Crippen LogP contribution in [0.25, 0.3) is 0 Å². The molecule has 0 bridgehead atoms. The highest BCUT2D eigenvalue weighted by Crippen LogP contribution is 2.19. The van der Waals surface area contributed by atoms with Crippen molar-refractivity contribution in [3.63, 3.8) is 0 Å². The van der Waals surface area contributed by atoms with Crippen LogP contribution in [0.2, 0.25) is 0 Å².